The predicted molar refractivity (Wildman–Crippen MR) is 93.4 cm³/mol. The lowest BCUT2D eigenvalue weighted by atomic mass is 10.2. The van der Waals surface area contributed by atoms with E-state index in [2.05, 4.69) is 9.97 Å². The van der Waals surface area contributed by atoms with Gasteiger partial charge in [-0.15, -0.1) is 22.7 Å². The van der Waals surface area contributed by atoms with Crippen LogP contribution in [0.1, 0.15) is 15.4 Å². The van der Waals surface area contributed by atoms with E-state index in [0.29, 0.717) is 6.54 Å². The molecule has 0 unspecified atom stereocenters. The normalized spacial score (nSPS) is 11.3. The van der Waals surface area contributed by atoms with E-state index in [4.69, 9.17) is 0 Å². The molecule has 0 bridgehead atoms. The summed E-state index contributed by atoms with van der Waals surface area (Å²) in [6.07, 6.45) is 4.52. The molecule has 0 N–H and O–H groups in total. The molecule has 0 aliphatic carbocycles. The van der Waals surface area contributed by atoms with Crippen molar-refractivity contribution in [1.82, 2.24) is 19.3 Å². The maximum atomic E-state index is 12.6. The molecule has 5 nitrogen and oxygen atoms in total. The van der Waals surface area contributed by atoms with E-state index in [-0.39, 0.29) is 5.91 Å². The van der Waals surface area contributed by atoms with Gasteiger partial charge in [0.15, 0.2) is 4.96 Å². The first-order valence-corrected chi connectivity index (χ1v) is 8.92. The number of pyridine rings is 1. The van der Waals surface area contributed by atoms with E-state index in [1.54, 1.807) is 22.4 Å². The molecule has 0 aliphatic heterocycles. The highest BCUT2D eigenvalue weighted by atomic mass is 32.1. The Morgan fingerprint density at radius 2 is 2.30 bits per heavy atom. The van der Waals surface area contributed by atoms with Crippen molar-refractivity contribution < 1.29 is 4.79 Å². The molecular formula is C16H14N4OS2. The van der Waals surface area contributed by atoms with Crippen molar-refractivity contribution in [3.05, 3.63) is 52.6 Å². The monoisotopic (exact) mass is 342 g/mol. The number of amides is 1. The molecule has 0 fully saturated rings. The smallest absolute Gasteiger partial charge is 0.263 e. The van der Waals surface area contributed by atoms with Crippen LogP contribution in [0.25, 0.3) is 15.3 Å². The van der Waals surface area contributed by atoms with Gasteiger partial charge in [-0.25, -0.2) is 4.98 Å². The summed E-state index contributed by atoms with van der Waals surface area (Å²) in [6.45, 7) is 0.645. The average Bonchev–Trinajstić information content (AvgIpc) is 3.24. The lowest BCUT2D eigenvalue weighted by Gasteiger charge is -2.15. The van der Waals surface area contributed by atoms with Crippen LogP contribution in [0.15, 0.2) is 42.0 Å². The zero-order chi connectivity index (χ0) is 15.8. The van der Waals surface area contributed by atoms with E-state index in [1.807, 2.05) is 47.3 Å². The van der Waals surface area contributed by atoms with Crippen molar-refractivity contribution in [1.29, 1.82) is 0 Å². The summed E-state index contributed by atoms with van der Waals surface area (Å²) in [5, 5.41) is 2.00. The summed E-state index contributed by atoms with van der Waals surface area (Å²) in [5.41, 5.74) is 2.00. The number of thiazole rings is 1. The molecule has 4 rings (SSSR count). The van der Waals surface area contributed by atoms with Gasteiger partial charge in [-0.1, -0.05) is 6.07 Å². The molecule has 7 heteroatoms. The highest BCUT2D eigenvalue weighted by molar-refractivity contribution is 7.21. The highest BCUT2D eigenvalue weighted by Gasteiger charge is 2.18. The topological polar surface area (TPSA) is 50.5 Å². The van der Waals surface area contributed by atoms with Crippen molar-refractivity contribution in [3.63, 3.8) is 0 Å². The van der Waals surface area contributed by atoms with Gasteiger partial charge in [-0.2, -0.15) is 0 Å². The van der Waals surface area contributed by atoms with Gasteiger partial charge in [-0.3, -0.25) is 14.2 Å². The summed E-state index contributed by atoms with van der Waals surface area (Å²) in [5.74, 6) is 0.0351. The third-order valence-corrected chi connectivity index (χ3v) is 5.49. The van der Waals surface area contributed by atoms with E-state index in [0.717, 1.165) is 32.3 Å². The van der Waals surface area contributed by atoms with Crippen LogP contribution in [0.2, 0.25) is 0 Å². The lowest BCUT2D eigenvalue weighted by Crippen LogP contribution is -2.28. The molecule has 0 radical (unpaired) electrons. The number of imidazole rings is 1. The number of carbonyl (C=O) groups excluding carboxylic acids is 1. The molecule has 4 heterocycles. The van der Waals surface area contributed by atoms with Crippen molar-refractivity contribution in [3.8, 4) is 0 Å². The maximum absolute atomic E-state index is 12.6. The number of rotatable bonds is 4. The van der Waals surface area contributed by atoms with Crippen LogP contribution >= 0.6 is 22.7 Å². The molecule has 0 aromatic carbocycles. The van der Waals surface area contributed by atoms with Gasteiger partial charge in [-0.05, 0) is 18.2 Å². The zero-order valence-corrected chi connectivity index (χ0v) is 14.1. The summed E-state index contributed by atoms with van der Waals surface area (Å²) in [6, 6.07) is 7.77. The quantitative estimate of drug-likeness (QED) is 0.572. The van der Waals surface area contributed by atoms with Crippen molar-refractivity contribution in [2.45, 2.75) is 6.42 Å². The number of likely N-dealkylation sites (N-methyl/N-ethyl adjacent to an activating group) is 1. The molecule has 4 aromatic rings. The van der Waals surface area contributed by atoms with Crippen molar-refractivity contribution in [2.75, 3.05) is 13.6 Å². The van der Waals surface area contributed by atoms with E-state index in [9.17, 15) is 4.79 Å². The minimum atomic E-state index is 0.0351. The number of fused-ring (bicyclic) bond motifs is 3. The largest absolute Gasteiger partial charge is 0.341 e. The summed E-state index contributed by atoms with van der Waals surface area (Å²) in [4.78, 5) is 25.8. The third-order valence-electron chi connectivity index (χ3n) is 3.73. The van der Waals surface area contributed by atoms with Crippen LogP contribution in [0.3, 0.4) is 0 Å². The minimum absolute atomic E-state index is 0.0351. The maximum Gasteiger partial charge on any atom is 0.263 e. The first kappa shape index (κ1) is 14.3. The third kappa shape index (κ3) is 2.62. The Kier molecular flexibility index (Phi) is 3.59. The van der Waals surface area contributed by atoms with Gasteiger partial charge in [0.2, 0.25) is 0 Å². The Bertz CT molecular complexity index is 970. The summed E-state index contributed by atoms with van der Waals surface area (Å²) in [7, 11) is 1.83. The first-order chi connectivity index (χ1) is 11.2. The SMILES string of the molecule is CN(CCc1ccccn1)C(=O)c1cc2c(nc3sccn32)s1. The van der Waals surface area contributed by atoms with Crippen LogP contribution < -0.4 is 0 Å². The second kappa shape index (κ2) is 5.75. The Balaban J connectivity index is 1.52. The Morgan fingerprint density at radius 1 is 1.39 bits per heavy atom. The van der Waals surface area contributed by atoms with Gasteiger partial charge in [0.05, 0.1) is 10.4 Å². The molecule has 0 atom stereocenters. The fourth-order valence-electron chi connectivity index (χ4n) is 2.47. The molecule has 0 saturated carbocycles. The fraction of sp³-hybridized carbons (Fsp3) is 0.188. The lowest BCUT2D eigenvalue weighted by molar-refractivity contribution is 0.0801. The molecule has 4 aromatic heterocycles. The molecule has 0 spiro atoms. The molecule has 0 saturated heterocycles. The average molecular weight is 342 g/mol. The molecule has 1 amide bonds. The molecule has 0 aliphatic rings. The van der Waals surface area contributed by atoms with E-state index < -0.39 is 0 Å². The molecule has 23 heavy (non-hydrogen) atoms. The van der Waals surface area contributed by atoms with E-state index in [1.165, 1.54) is 11.3 Å². The Labute approximate surface area is 140 Å². The predicted octanol–water partition coefficient (Wildman–Crippen LogP) is 3.32. The first-order valence-electron chi connectivity index (χ1n) is 7.23. The van der Waals surface area contributed by atoms with Gasteiger partial charge >= 0.3 is 0 Å². The molecule has 116 valence electrons. The Morgan fingerprint density at radius 3 is 3.13 bits per heavy atom. The molecular weight excluding hydrogens is 328 g/mol. The number of thiophene rings is 1. The van der Waals surface area contributed by atoms with Crippen LogP contribution in [-0.4, -0.2) is 38.8 Å². The number of hydrogen-bond acceptors (Lipinski definition) is 5. The number of carbonyl (C=O) groups is 1. The zero-order valence-electron chi connectivity index (χ0n) is 12.5. The van der Waals surface area contributed by atoms with Crippen molar-refractivity contribution >= 4 is 43.9 Å². The van der Waals surface area contributed by atoms with Gasteiger partial charge in [0.25, 0.3) is 5.91 Å². The van der Waals surface area contributed by atoms with Crippen LogP contribution in [0, 0.1) is 0 Å². The minimum Gasteiger partial charge on any atom is -0.341 e. The van der Waals surface area contributed by atoms with Crippen LogP contribution in [0.4, 0.5) is 0 Å². The second-order valence-electron chi connectivity index (χ2n) is 5.27. The van der Waals surface area contributed by atoms with E-state index >= 15 is 0 Å². The number of nitrogens with zero attached hydrogens (tertiary/aromatic N) is 4. The van der Waals surface area contributed by atoms with Gasteiger partial charge < -0.3 is 4.90 Å². The number of aromatic nitrogens is 3. The highest BCUT2D eigenvalue weighted by Crippen LogP contribution is 2.28. The van der Waals surface area contributed by atoms with Crippen LogP contribution in [0.5, 0.6) is 0 Å². The standard InChI is InChI=1S/C16H14N4OS2/c1-19(7-5-11-4-2-3-6-17-11)15(21)13-10-12-14(23-13)18-16-20(12)8-9-22-16/h2-4,6,8-10H,5,7H2,1H3. The van der Waals surface area contributed by atoms with Crippen LogP contribution in [-0.2, 0) is 6.42 Å². The Hall–Kier alpha value is -2.25. The summed E-state index contributed by atoms with van der Waals surface area (Å²) < 4.78 is 2.03. The fourth-order valence-corrected chi connectivity index (χ4v) is 4.27. The number of hydrogen-bond donors (Lipinski definition) is 0. The second-order valence-corrected chi connectivity index (χ2v) is 7.17. The summed E-state index contributed by atoms with van der Waals surface area (Å²) >= 11 is 3.05. The van der Waals surface area contributed by atoms with Gasteiger partial charge in [0, 0.05) is 43.5 Å². The van der Waals surface area contributed by atoms with Crippen molar-refractivity contribution in [2.24, 2.45) is 0 Å². The van der Waals surface area contributed by atoms with Gasteiger partial charge in [0.1, 0.15) is 4.83 Å².